The fourth-order valence-electron chi connectivity index (χ4n) is 2.97. The molecule has 0 bridgehead atoms. The predicted molar refractivity (Wildman–Crippen MR) is 108 cm³/mol. The van der Waals surface area contributed by atoms with Gasteiger partial charge in [0.05, 0.1) is 33.8 Å². The van der Waals surface area contributed by atoms with Crippen molar-refractivity contribution in [3.8, 4) is 0 Å². The number of nitrogens with one attached hydrogen (secondary N) is 1. The lowest BCUT2D eigenvalue weighted by Gasteiger charge is -2.18. The maximum absolute atomic E-state index is 12.6. The largest absolute Gasteiger partial charge is 0.462 e. The second kappa shape index (κ2) is 8.63. The summed E-state index contributed by atoms with van der Waals surface area (Å²) < 4.78 is 4.92. The molecule has 1 fully saturated rings. The summed E-state index contributed by atoms with van der Waals surface area (Å²) in [5.74, 6) is -1.41. The molecule has 2 aromatic carbocycles. The number of amides is 2. The van der Waals surface area contributed by atoms with Gasteiger partial charge in [-0.25, -0.2) is 4.79 Å². The molecule has 0 saturated carbocycles. The Kier molecular flexibility index (Phi) is 6.21. The highest BCUT2D eigenvalue weighted by molar-refractivity contribution is 6.44. The average molecular weight is 421 g/mol. The third kappa shape index (κ3) is 4.29. The SMILES string of the molecule is CCOC(=O)c1ccc(NC(=O)[C@@H]2CC(=O)N(c3cccc(Cl)c3Cl)C2)cc1. The van der Waals surface area contributed by atoms with E-state index >= 15 is 0 Å². The van der Waals surface area contributed by atoms with Crippen LogP contribution in [0.5, 0.6) is 0 Å². The quantitative estimate of drug-likeness (QED) is 0.736. The van der Waals surface area contributed by atoms with Gasteiger partial charge < -0.3 is 15.0 Å². The number of carbonyl (C=O) groups excluding carboxylic acids is 3. The molecule has 146 valence electrons. The topological polar surface area (TPSA) is 75.7 Å². The molecule has 0 aromatic heterocycles. The van der Waals surface area contributed by atoms with Gasteiger partial charge in [-0.15, -0.1) is 0 Å². The molecule has 0 radical (unpaired) electrons. The van der Waals surface area contributed by atoms with E-state index < -0.39 is 11.9 Å². The van der Waals surface area contributed by atoms with E-state index in [1.54, 1.807) is 49.4 Å². The summed E-state index contributed by atoms with van der Waals surface area (Å²) in [6.45, 7) is 2.24. The van der Waals surface area contributed by atoms with E-state index in [0.29, 0.717) is 28.6 Å². The van der Waals surface area contributed by atoms with Crippen LogP contribution < -0.4 is 10.2 Å². The van der Waals surface area contributed by atoms with Crippen molar-refractivity contribution >= 4 is 52.4 Å². The van der Waals surface area contributed by atoms with Gasteiger partial charge in [0, 0.05) is 18.7 Å². The van der Waals surface area contributed by atoms with Crippen LogP contribution in [-0.4, -0.2) is 30.9 Å². The van der Waals surface area contributed by atoms with Gasteiger partial charge >= 0.3 is 5.97 Å². The third-order valence-electron chi connectivity index (χ3n) is 4.38. The van der Waals surface area contributed by atoms with E-state index in [4.69, 9.17) is 27.9 Å². The zero-order chi connectivity index (χ0) is 20.3. The minimum absolute atomic E-state index is 0.0790. The molecule has 3 rings (SSSR count). The number of hydrogen-bond donors (Lipinski definition) is 1. The summed E-state index contributed by atoms with van der Waals surface area (Å²) in [7, 11) is 0. The predicted octanol–water partition coefficient (Wildman–Crippen LogP) is 4.16. The molecule has 2 aromatic rings. The summed E-state index contributed by atoms with van der Waals surface area (Å²) >= 11 is 12.2. The molecule has 0 spiro atoms. The van der Waals surface area contributed by atoms with Gasteiger partial charge in [-0.3, -0.25) is 9.59 Å². The Balaban J connectivity index is 1.66. The van der Waals surface area contributed by atoms with Crippen molar-refractivity contribution in [2.75, 3.05) is 23.4 Å². The number of hydrogen-bond acceptors (Lipinski definition) is 4. The second-order valence-corrected chi connectivity index (χ2v) is 7.05. The summed E-state index contributed by atoms with van der Waals surface area (Å²) in [5.41, 5.74) is 1.43. The Hall–Kier alpha value is -2.57. The molecule has 1 aliphatic rings. The first-order valence-electron chi connectivity index (χ1n) is 8.73. The number of halogens is 2. The van der Waals surface area contributed by atoms with Gasteiger partial charge in [0.25, 0.3) is 0 Å². The van der Waals surface area contributed by atoms with Gasteiger partial charge in [0.15, 0.2) is 0 Å². The van der Waals surface area contributed by atoms with Crippen LogP contribution in [-0.2, 0) is 14.3 Å². The van der Waals surface area contributed by atoms with Crippen molar-refractivity contribution in [1.82, 2.24) is 0 Å². The van der Waals surface area contributed by atoms with Crippen LogP contribution in [0.1, 0.15) is 23.7 Å². The molecule has 1 heterocycles. The Morgan fingerprint density at radius 3 is 2.57 bits per heavy atom. The normalized spacial score (nSPS) is 16.2. The molecule has 1 N–H and O–H groups in total. The second-order valence-electron chi connectivity index (χ2n) is 6.27. The summed E-state index contributed by atoms with van der Waals surface area (Å²) in [4.78, 5) is 38.1. The third-order valence-corrected chi connectivity index (χ3v) is 5.19. The van der Waals surface area contributed by atoms with Crippen LogP contribution in [0.2, 0.25) is 10.0 Å². The minimum atomic E-state index is -0.521. The number of rotatable bonds is 5. The number of anilines is 2. The fourth-order valence-corrected chi connectivity index (χ4v) is 3.36. The van der Waals surface area contributed by atoms with Crippen LogP contribution in [0.15, 0.2) is 42.5 Å². The molecule has 6 nitrogen and oxygen atoms in total. The van der Waals surface area contributed by atoms with Crippen molar-refractivity contribution in [3.63, 3.8) is 0 Å². The fraction of sp³-hybridized carbons (Fsp3) is 0.250. The van der Waals surface area contributed by atoms with Crippen molar-refractivity contribution in [2.24, 2.45) is 5.92 Å². The highest BCUT2D eigenvalue weighted by atomic mass is 35.5. The lowest BCUT2D eigenvalue weighted by Crippen LogP contribution is -2.28. The molecular weight excluding hydrogens is 403 g/mol. The zero-order valence-corrected chi connectivity index (χ0v) is 16.6. The van der Waals surface area contributed by atoms with Crippen LogP contribution in [0.4, 0.5) is 11.4 Å². The minimum Gasteiger partial charge on any atom is -0.462 e. The number of esters is 1. The highest BCUT2D eigenvalue weighted by Crippen LogP contribution is 2.35. The number of nitrogens with zero attached hydrogens (tertiary/aromatic N) is 1. The first-order chi connectivity index (χ1) is 13.4. The lowest BCUT2D eigenvalue weighted by atomic mass is 10.1. The molecule has 0 unspecified atom stereocenters. The Morgan fingerprint density at radius 2 is 1.89 bits per heavy atom. The van der Waals surface area contributed by atoms with Crippen LogP contribution in [0.25, 0.3) is 0 Å². The van der Waals surface area contributed by atoms with E-state index in [9.17, 15) is 14.4 Å². The van der Waals surface area contributed by atoms with Crippen molar-refractivity contribution in [1.29, 1.82) is 0 Å². The van der Waals surface area contributed by atoms with Crippen LogP contribution in [0.3, 0.4) is 0 Å². The van der Waals surface area contributed by atoms with E-state index in [1.165, 1.54) is 4.90 Å². The molecule has 1 saturated heterocycles. The van der Waals surface area contributed by atoms with E-state index in [0.717, 1.165) is 0 Å². The van der Waals surface area contributed by atoms with Gasteiger partial charge in [-0.2, -0.15) is 0 Å². The highest BCUT2D eigenvalue weighted by Gasteiger charge is 2.36. The molecule has 28 heavy (non-hydrogen) atoms. The molecule has 0 aliphatic carbocycles. The molecular formula is C20H18Cl2N2O4. The average Bonchev–Trinajstić information content (AvgIpc) is 3.06. The van der Waals surface area contributed by atoms with E-state index in [-0.39, 0.29) is 29.8 Å². The van der Waals surface area contributed by atoms with Crippen molar-refractivity contribution in [3.05, 3.63) is 58.1 Å². The Bertz CT molecular complexity index is 915. The summed E-state index contributed by atoms with van der Waals surface area (Å²) in [6, 6.07) is 11.4. The van der Waals surface area contributed by atoms with Gasteiger partial charge in [-0.05, 0) is 43.3 Å². The Morgan fingerprint density at radius 1 is 1.18 bits per heavy atom. The van der Waals surface area contributed by atoms with Gasteiger partial charge in [-0.1, -0.05) is 29.3 Å². The smallest absolute Gasteiger partial charge is 0.338 e. The standard InChI is InChI=1S/C20H18Cl2N2O4/c1-2-28-20(27)12-6-8-14(9-7-12)23-19(26)13-10-17(25)24(11-13)16-5-3-4-15(21)18(16)22/h3-9,13H,2,10-11H2,1H3,(H,23,26)/t13-/m1/s1. The van der Waals surface area contributed by atoms with Gasteiger partial charge in [0.2, 0.25) is 11.8 Å². The maximum Gasteiger partial charge on any atom is 0.338 e. The summed E-state index contributed by atoms with van der Waals surface area (Å²) in [6.07, 6.45) is 0.0790. The van der Waals surface area contributed by atoms with Crippen LogP contribution >= 0.6 is 23.2 Å². The summed E-state index contributed by atoms with van der Waals surface area (Å²) in [5, 5.41) is 3.41. The van der Waals surface area contributed by atoms with E-state index in [1.807, 2.05) is 0 Å². The zero-order valence-electron chi connectivity index (χ0n) is 15.1. The number of ether oxygens (including phenoxy) is 1. The maximum atomic E-state index is 12.6. The molecule has 2 amide bonds. The molecule has 1 aliphatic heterocycles. The number of benzene rings is 2. The van der Waals surface area contributed by atoms with Crippen molar-refractivity contribution < 1.29 is 19.1 Å². The number of carbonyl (C=O) groups is 3. The Labute approximate surface area is 172 Å². The monoisotopic (exact) mass is 420 g/mol. The van der Waals surface area contributed by atoms with Gasteiger partial charge in [0.1, 0.15) is 0 Å². The molecule has 1 atom stereocenters. The lowest BCUT2D eigenvalue weighted by molar-refractivity contribution is -0.122. The van der Waals surface area contributed by atoms with Crippen molar-refractivity contribution in [2.45, 2.75) is 13.3 Å². The van der Waals surface area contributed by atoms with E-state index in [2.05, 4.69) is 5.32 Å². The first-order valence-corrected chi connectivity index (χ1v) is 9.48. The van der Waals surface area contributed by atoms with Crippen LogP contribution in [0, 0.1) is 5.92 Å². The first kappa shape index (κ1) is 20.2. The molecule has 8 heteroatoms.